The molecule has 2 rings (SSSR count). The van der Waals surface area contributed by atoms with Crippen LogP contribution in [-0.4, -0.2) is 24.1 Å². The van der Waals surface area contributed by atoms with Crippen LogP contribution in [0, 0.1) is 5.41 Å². The number of benzene rings is 1. The molecule has 110 valence electrons. The maximum atomic E-state index is 11.1. The summed E-state index contributed by atoms with van der Waals surface area (Å²) in [6, 6.07) is 4.92. The molecule has 0 aromatic heterocycles. The predicted molar refractivity (Wildman–Crippen MR) is 80.1 cm³/mol. The molecule has 0 radical (unpaired) electrons. The van der Waals surface area contributed by atoms with Gasteiger partial charge in [-0.25, -0.2) is 4.79 Å². The minimum absolute atomic E-state index is 0.262. The Kier molecular flexibility index (Phi) is 4.28. The molecule has 1 saturated carbocycles. The van der Waals surface area contributed by atoms with Gasteiger partial charge in [-0.3, -0.25) is 5.32 Å². The second-order valence-electron chi connectivity index (χ2n) is 4.99. The standard InChI is InChI=1S/C13H14Cl3NO3/c1-12(6-13(12,15)16)7-20-10-4-3-8(5-9(10)14)17-11(18)19-2/h3-5H,6-7H2,1-2H3,(H,17,18). The number of carbonyl (C=O) groups is 1. The van der Waals surface area contributed by atoms with E-state index < -0.39 is 10.4 Å². The van der Waals surface area contributed by atoms with E-state index in [1.165, 1.54) is 7.11 Å². The summed E-state index contributed by atoms with van der Waals surface area (Å²) < 4.78 is 9.40. The van der Waals surface area contributed by atoms with Crippen molar-refractivity contribution in [3.05, 3.63) is 23.2 Å². The molecule has 1 atom stereocenters. The van der Waals surface area contributed by atoms with Gasteiger partial charge in [-0.05, 0) is 24.6 Å². The highest BCUT2D eigenvalue weighted by Crippen LogP contribution is 2.63. The molecule has 0 saturated heterocycles. The summed E-state index contributed by atoms with van der Waals surface area (Å²) in [6.45, 7) is 2.33. The number of rotatable bonds is 4. The SMILES string of the molecule is COC(=O)Nc1ccc(OCC2(C)CC2(Cl)Cl)c(Cl)c1. The third-order valence-electron chi connectivity index (χ3n) is 3.28. The molecule has 1 fully saturated rings. The third-order valence-corrected chi connectivity index (χ3v) is 4.76. The van der Waals surface area contributed by atoms with Gasteiger partial charge >= 0.3 is 6.09 Å². The van der Waals surface area contributed by atoms with Gasteiger partial charge in [0.1, 0.15) is 10.1 Å². The summed E-state index contributed by atoms with van der Waals surface area (Å²) in [6.07, 6.45) is 0.122. The number of anilines is 1. The van der Waals surface area contributed by atoms with Crippen molar-refractivity contribution in [3.8, 4) is 5.75 Å². The normalized spacial score (nSPS) is 23.1. The molecule has 0 bridgehead atoms. The number of nitrogens with one attached hydrogen (secondary N) is 1. The zero-order valence-corrected chi connectivity index (χ0v) is 13.3. The van der Waals surface area contributed by atoms with Crippen LogP contribution in [0.3, 0.4) is 0 Å². The Balaban J connectivity index is 1.98. The molecule has 1 aliphatic rings. The number of carbonyl (C=O) groups excluding carboxylic acids is 1. The van der Waals surface area contributed by atoms with Crippen LogP contribution in [0.15, 0.2) is 18.2 Å². The summed E-state index contributed by atoms with van der Waals surface area (Å²) in [5, 5.41) is 2.90. The zero-order chi connectivity index (χ0) is 15.0. The highest BCUT2D eigenvalue weighted by molar-refractivity contribution is 6.51. The van der Waals surface area contributed by atoms with Crippen molar-refractivity contribution in [3.63, 3.8) is 0 Å². The van der Waals surface area contributed by atoms with Crippen molar-refractivity contribution in [2.45, 2.75) is 17.7 Å². The van der Waals surface area contributed by atoms with E-state index >= 15 is 0 Å². The van der Waals surface area contributed by atoms with Crippen molar-refractivity contribution in [1.29, 1.82) is 0 Å². The number of methoxy groups -OCH3 is 1. The molecule has 20 heavy (non-hydrogen) atoms. The summed E-state index contributed by atoms with van der Waals surface area (Å²) in [7, 11) is 1.29. The van der Waals surface area contributed by atoms with Crippen LogP contribution >= 0.6 is 34.8 Å². The first-order valence-corrected chi connectivity index (χ1v) is 7.06. The molecule has 0 aliphatic heterocycles. The summed E-state index contributed by atoms with van der Waals surface area (Å²) in [4.78, 5) is 11.1. The van der Waals surface area contributed by atoms with Gasteiger partial charge < -0.3 is 9.47 Å². The first kappa shape index (κ1) is 15.5. The molecule has 1 N–H and O–H groups in total. The lowest BCUT2D eigenvalue weighted by Crippen LogP contribution is -2.15. The smallest absolute Gasteiger partial charge is 0.411 e. The van der Waals surface area contributed by atoms with Gasteiger partial charge in [0, 0.05) is 11.1 Å². The topological polar surface area (TPSA) is 47.6 Å². The maximum Gasteiger partial charge on any atom is 0.411 e. The number of ether oxygens (including phenoxy) is 2. The fraction of sp³-hybridized carbons (Fsp3) is 0.462. The molecular formula is C13H14Cl3NO3. The second-order valence-corrected chi connectivity index (χ2v) is 6.88. The van der Waals surface area contributed by atoms with Gasteiger partial charge in [-0.1, -0.05) is 18.5 Å². The summed E-state index contributed by atoms with van der Waals surface area (Å²) >= 11 is 18.2. The number of hydrogen-bond donors (Lipinski definition) is 1. The molecule has 1 aromatic rings. The lowest BCUT2D eigenvalue weighted by molar-refractivity contribution is 0.187. The Hall–Kier alpha value is -0.840. The molecule has 1 unspecified atom stereocenters. The first-order chi connectivity index (χ1) is 9.27. The Morgan fingerprint density at radius 3 is 2.60 bits per heavy atom. The number of amides is 1. The molecule has 0 heterocycles. The highest BCUT2D eigenvalue weighted by atomic mass is 35.5. The quantitative estimate of drug-likeness (QED) is 0.823. The Labute approximate surface area is 132 Å². The van der Waals surface area contributed by atoms with Gasteiger partial charge in [0.2, 0.25) is 0 Å². The molecule has 1 aliphatic carbocycles. The lowest BCUT2D eigenvalue weighted by Gasteiger charge is -2.15. The summed E-state index contributed by atoms with van der Waals surface area (Å²) in [5.74, 6) is 0.513. The Morgan fingerprint density at radius 1 is 1.45 bits per heavy atom. The molecular weight excluding hydrogens is 325 g/mol. The van der Waals surface area contributed by atoms with Gasteiger partial charge in [0.05, 0.1) is 18.7 Å². The molecule has 7 heteroatoms. The van der Waals surface area contributed by atoms with Gasteiger partial charge in [-0.15, -0.1) is 23.2 Å². The van der Waals surface area contributed by atoms with Crippen molar-refractivity contribution in [1.82, 2.24) is 0 Å². The summed E-state index contributed by atoms with van der Waals surface area (Å²) in [5.41, 5.74) is 0.262. The van der Waals surface area contributed by atoms with E-state index in [4.69, 9.17) is 39.5 Å². The average molecular weight is 339 g/mol. The van der Waals surface area contributed by atoms with Crippen LogP contribution in [0.1, 0.15) is 13.3 Å². The first-order valence-electron chi connectivity index (χ1n) is 5.92. The van der Waals surface area contributed by atoms with Crippen LogP contribution in [0.5, 0.6) is 5.75 Å². The number of alkyl halides is 2. The van der Waals surface area contributed by atoms with Crippen molar-refractivity contribution in [2.75, 3.05) is 19.0 Å². The third kappa shape index (κ3) is 3.25. The Morgan fingerprint density at radius 2 is 2.10 bits per heavy atom. The molecule has 1 aromatic carbocycles. The van der Waals surface area contributed by atoms with E-state index in [1.54, 1.807) is 18.2 Å². The lowest BCUT2D eigenvalue weighted by atomic mass is 10.2. The predicted octanol–water partition coefficient (Wildman–Crippen LogP) is 4.48. The molecule has 0 spiro atoms. The number of hydrogen-bond acceptors (Lipinski definition) is 3. The highest BCUT2D eigenvalue weighted by Gasteiger charge is 2.63. The van der Waals surface area contributed by atoms with Crippen LogP contribution < -0.4 is 10.1 Å². The molecule has 4 nitrogen and oxygen atoms in total. The average Bonchev–Trinajstić information content (AvgIpc) is 2.87. The van der Waals surface area contributed by atoms with E-state index in [1.807, 2.05) is 6.92 Å². The van der Waals surface area contributed by atoms with Gasteiger partial charge in [0.15, 0.2) is 0 Å². The monoisotopic (exact) mass is 337 g/mol. The minimum Gasteiger partial charge on any atom is -0.491 e. The molecule has 1 amide bonds. The van der Waals surface area contributed by atoms with E-state index in [0.717, 1.165) is 0 Å². The van der Waals surface area contributed by atoms with E-state index in [0.29, 0.717) is 29.5 Å². The fourth-order valence-corrected chi connectivity index (χ4v) is 2.64. The van der Waals surface area contributed by atoms with Crippen LogP contribution in [0.25, 0.3) is 0 Å². The van der Waals surface area contributed by atoms with Crippen molar-refractivity contribution in [2.24, 2.45) is 5.41 Å². The van der Waals surface area contributed by atoms with Crippen molar-refractivity contribution < 1.29 is 14.3 Å². The minimum atomic E-state index is -0.730. The van der Waals surface area contributed by atoms with Crippen molar-refractivity contribution >= 4 is 46.6 Å². The van der Waals surface area contributed by atoms with Crippen LogP contribution in [0.4, 0.5) is 10.5 Å². The van der Waals surface area contributed by atoms with Gasteiger partial charge in [-0.2, -0.15) is 0 Å². The Bertz CT molecular complexity index is 536. The second kappa shape index (κ2) is 5.51. The maximum absolute atomic E-state index is 11.1. The van der Waals surface area contributed by atoms with E-state index in [9.17, 15) is 4.79 Å². The largest absolute Gasteiger partial charge is 0.491 e. The van der Waals surface area contributed by atoms with Crippen LogP contribution in [-0.2, 0) is 4.74 Å². The number of halogens is 3. The fourth-order valence-electron chi connectivity index (χ4n) is 1.70. The van der Waals surface area contributed by atoms with Gasteiger partial charge in [0.25, 0.3) is 0 Å². The zero-order valence-electron chi connectivity index (χ0n) is 11.0. The van der Waals surface area contributed by atoms with E-state index in [-0.39, 0.29) is 5.41 Å². The van der Waals surface area contributed by atoms with E-state index in [2.05, 4.69) is 10.1 Å². The van der Waals surface area contributed by atoms with Crippen LogP contribution in [0.2, 0.25) is 5.02 Å².